The zero-order valence-electron chi connectivity index (χ0n) is 10.9. The molecule has 0 saturated carbocycles. The number of carbonyl (C=O) groups is 1. The minimum atomic E-state index is -1.00. The molecule has 2 atom stereocenters. The Kier molecular flexibility index (Phi) is 5.69. The Morgan fingerprint density at radius 2 is 2.24 bits per heavy atom. The van der Waals surface area contributed by atoms with Crippen LogP contribution in [0.25, 0.3) is 0 Å². The standard InChI is InChI=1S/C14H24O3/c1-3-9-12(13(15)17-4-2)14(16)10-7-5-6-8-11-14/h7,10,12,16H,3-6,8-9,11H2,1-2H3. The fourth-order valence-electron chi connectivity index (χ4n) is 2.43. The highest BCUT2D eigenvalue weighted by atomic mass is 16.5. The maximum atomic E-state index is 11.9. The predicted octanol–water partition coefficient (Wildman–Crippen LogP) is 2.83. The summed E-state index contributed by atoms with van der Waals surface area (Å²) in [6.45, 7) is 4.20. The molecule has 1 aliphatic carbocycles. The van der Waals surface area contributed by atoms with Gasteiger partial charge in [0.05, 0.1) is 18.1 Å². The first-order chi connectivity index (χ1) is 8.14. The zero-order chi connectivity index (χ0) is 12.7. The molecule has 0 radical (unpaired) electrons. The minimum absolute atomic E-state index is 0.261. The topological polar surface area (TPSA) is 46.5 Å². The first kappa shape index (κ1) is 14.2. The van der Waals surface area contributed by atoms with Gasteiger partial charge in [0.2, 0.25) is 0 Å². The molecule has 0 aromatic carbocycles. The first-order valence-corrected chi connectivity index (χ1v) is 6.70. The predicted molar refractivity (Wildman–Crippen MR) is 67.6 cm³/mol. The molecule has 0 spiro atoms. The number of rotatable bonds is 5. The average Bonchev–Trinajstić information content (AvgIpc) is 2.52. The van der Waals surface area contributed by atoms with Crippen LogP contribution < -0.4 is 0 Å². The number of hydrogen-bond donors (Lipinski definition) is 1. The molecule has 0 bridgehead atoms. The fourth-order valence-corrected chi connectivity index (χ4v) is 2.43. The summed E-state index contributed by atoms with van der Waals surface area (Å²) in [5.41, 5.74) is -1.00. The second-order valence-electron chi connectivity index (χ2n) is 4.73. The van der Waals surface area contributed by atoms with E-state index in [1.54, 1.807) is 6.92 Å². The van der Waals surface area contributed by atoms with Crippen LogP contribution >= 0.6 is 0 Å². The third kappa shape index (κ3) is 3.84. The van der Waals surface area contributed by atoms with Crippen molar-refractivity contribution in [3.63, 3.8) is 0 Å². The van der Waals surface area contributed by atoms with Gasteiger partial charge in [-0.05, 0) is 39.0 Å². The molecule has 0 aliphatic heterocycles. The van der Waals surface area contributed by atoms with Crippen molar-refractivity contribution in [2.75, 3.05) is 6.61 Å². The van der Waals surface area contributed by atoms with Gasteiger partial charge in [0.15, 0.2) is 0 Å². The van der Waals surface area contributed by atoms with Crippen molar-refractivity contribution in [2.24, 2.45) is 5.92 Å². The van der Waals surface area contributed by atoms with Crippen LogP contribution in [-0.2, 0) is 9.53 Å². The second-order valence-corrected chi connectivity index (χ2v) is 4.73. The van der Waals surface area contributed by atoms with E-state index in [4.69, 9.17) is 4.74 Å². The molecule has 1 aliphatic rings. The maximum absolute atomic E-state index is 11.9. The summed E-state index contributed by atoms with van der Waals surface area (Å²) in [4.78, 5) is 11.9. The zero-order valence-corrected chi connectivity index (χ0v) is 10.9. The Labute approximate surface area is 104 Å². The molecule has 0 fully saturated rings. The van der Waals surface area contributed by atoms with Crippen LogP contribution in [0.2, 0.25) is 0 Å². The van der Waals surface area contributed by atoms with Gasteiger partial charge in [-0.2, -0.15) is 0 Å². The second kappa shape index (κ2) is 6.80. The van der Waals surface area contributed by atoms with Crippen molar-refractivity contribution in [1.29, 1.82) is 0 Å². The molecular weight excluding hydrogens is 216 g/mol. The molecule has 1 rings (SSSR count). The average molecular weight is 240 g/mol. The molecular formula is C14H24O3. The van der Waals surface area contributed by atoms with Crippen LogP contribution in [0.4, 0.5) is 0 Å². The Morgan fingerprint density at radius 3 is 2.88 bits per heavy atom. The van der Waals surface area contributed by atoms with Crippen LogP contribution in [0.5, 0.6) is 0 Å². The molecule has 17 heavy (non-hydrogen) atoms. The summed E-state index contributed by atoms with van der Waals surface area (Å²) in [5, 5.41) is 10.7. The molecule has 0 amide bonds. The maximum Gasteiger partial charge on any atom is 0.312 e. The molecule has 0 aromatic rings. The molecule has 0 saturated heterocycles. The Morgan fingerprint density at radius 1 is 1.47 bits per heavy atom. The van der Waals surface area contributed by atoms with Crippen molar-refractivity contribution in [3.8, 4) is 0 Å². The van der Waals surface area contributed by atoms with Gasteiger partial charge in [0, 0.05) is 0 Å². The molecule has 3 nitrogen and oxygen atoms in total. The summed E-state index contributed by atoms with van der Waals surface area (Å²) in [6, 6.07) is 0. The molecule has 0 aromatic heterocycles. The molecule has 2 unspecified atom stereocenters. The van der Waals surface area contributed by atoms with Crippen LogP contribution in [0.3, 0.4) is 0 Å². The van der Waals surface area contributed by atoms with E-state index in [1.165, 1.54) is 0 Å². The van der Waals surface area contributed by atoms with Crippen molar-refractivity contribution >= 4 is 5.97 Å². The molecule has 0 heterocycles. The third-order valence-electron chi connectivity index (χ3n) is 3.36. The van der Waals surface area contributed by atoms with E-state index in [0.717, 1.165) is 25.7 Å². The summed E-state index contributed by atoms with van der Waals surface area (Å²) in [6.07, 6.45) is 9.06. The van der Waals surface area contributed by atoms with Crippen LogP contribution in [0, 0.1) is 5.92 Å². The Bertz CT molecular complexity index is 273. The lowest BCUT2D eigenvalue weighted by molar-refractivity contribution is -0.156. The highest BCUT2D eigenvalue weighted by Crippen LogP contribution is 2.32. The smallest absolute Gasteiger partial charge is 0.312 e. The van der Waals surface area contributed by atoms with Gasteiger partial charge in [0.25, 0.3) is 0 Å². The number of ether oxygens (including phenoxy) is 1. The van der Waals surface area contributed by atoms with E-state index in [1.807, 2.05) is 19.1 Å². The SMILES string of the molecule is CCCC(C(=O)OCC)C1(O)C=CCCCC1. The number of hydrogen-bond acceptors (Lipinski definition) is 3. The van der Waals surface area contributed by atoms with Gasteiger partial charge in [-0.15, -0.1) is 0 Å². The molecule has 3 heteroatoms. The van der Waals surface area contributed by atoms with Gasteiger partial charge in [-0.25, -0.2) is 0 Å². The first-order valence-electron chi connectivity index (χ1n) is 6.70. The fraction of sp³-hybridized carbons (Fsp3) is 0.786. The Balaban J connectivity index is 2.82. The minimum Gasteiger partial charge on any atom is -0.466 e. The summed E-state index contributed by atoms with van der Waals surface area (Å²) in [7, 11) is 0. The molecule has 98 valence electrons. The van der Waals surface area contributed by atoms with Gasteiger partial charge in [-0.1, -0.05) is 25.5 Å². The van der Waals surface area contributed by atoms with E-state index in [9.17, 15) is 9.90 Å². The lowest BCUT2D eigenvalue weighted by Crippen LogP contribution is -2.41. The monoisotopic (exact) mass is 240 g/mol. The third-order valence-corrected chi connectivity index (χ3v) is 3.36. The van der Waals surface area contributed by atoms with Crippen LogP contribution in [-0.4, -0.2) is 23.3 Å². The summed E-state index contributed by atoms with van der Waals surface area (Å²) >= 11 is 0. The van der Waals surface area contributed by atoms with Crippen LogP contribution in [0.15, 0.2) is 12.2 Å². The summed E-state index contributed by atoms with van der Waals surface area (Å²) < 4.78 is 5.08. The van der Waals surface area contributed by atoms with Crippen molar-refractivity contribution in [3.05, 3.63) is 12.2 Å². The van der Waals surface area contributed by atoms with Gasteiger partial charge < -0.3 is 9.84 Å². The number of allylic oxidation sites excluding steroid dienone is 1. The van der Waals surface area contributed by atoms with E-state index in [0.29, 0.717) is 19.4 Å². The highest BCUT2D eigenvalue weighted by molar-refractivity contribution is 5.74. The number of carbonyl (C=O) groups excluding carboxylic acids is 1. The van der Waals surface area contributed by atoms with E-state index < -0.39 is 11.5 Å². The van der Waals surface area contributed by atoms with Crippen LogP contribution in [0.1, 0.15) is 52.4 Å². The van der Waals surface area contributed by atoms with Gasteiger partial charge >= 0.3 is 5.97 Å². The largest absolute Gasteiger partial charge is 0.466 e. The normalized spacial score (nSPS) is 26.3. The van der Waals surface area contributed by atoms with Gasteiger partial charge in [-0.3, -0.25) is 4.79 Å². The Hall–Kier alpha value is -0.830. The van der Waals surface area contributed by atoms with Crippen molar-refractivity contribution in [2.45, 2.75) is 58.0 Å². The summed E-state index contributed by atoms with van der Waals surface area (Å²) in [5.74, 6) is -0.676. The number of esters is 1. The quantitative estimate of drug-likeness (QED) is 0.593. The van der Waals surface area contributed by atoms with Crippen molar-refractivity contribution < 1.29 is 14.6 Å². The lowest BCUT2D eigenvalue weighted by Gasteiger charge is -2.31. The van der Waals surface area contributed by atoms with E-state index in [-0.39, 0.29) is 5.97 Å². The van der Waals surface area contributed by atoms with Gasteiger partial charge in [0.1, 0.15) is 0 Å². The van der Waals surface area contributed by atoms with E-state index >= 15 is 0 Å². The number of aliphatic hydroxyl groups is 1. The lowest BCUT2D eigenvalue weighted by atomic mass is 9.81. The van der Waals surface area contributed by atoms with E-state index in [2.05, 4.69) is 0 Å². The molecule has 1 N–H and O–H groups in total. The highest BCUT2D eigenvalue weighted by Gasteiger charge is 2.39. The van der Waals surface area contributed by atoms with Crippen molar-refractivity contribution in [1.82, 2.24) is 0 Å².